The molecule has 0 aliphatic carbocycles. The van der Waals surface area contributed by atoms with Crippen LogP contribution in [0.5, 0.6) is 5.75 Å². The molecule has 3 rings (SSSR count). The molecule has 2 heterocycles. The molecule has 1 aliphatic heterocycles. The van der Waals surface area contributed by atoms with Crippen LogP contribution in [0.3, 0.4) is 0 Å². The number of carbonyl (C=O) groups is 2. The second-order valence-corrected chi connectivity index (χ2v) is 7.26. The normalized spacial score (nSPS) is 17.2. The van der Waals surface area contributed by atoms with E-state index in [4.69, 9.17) is 16.3 Å². The molecule has 132 valence electrons. The molecule has 7 heteroatoms. The SMILES string of the molecule is COc1ccc(NC(=O)[C@@H]2CCCN(C(=O)c3cccs3)C2)cc1Cl. The van der Waals surface area contributed by atoms with Gasteiger partial charge in [0, 0.05) is 18.8 Å². The van der Waals surface area contributed by atoms with Crippen LogP contribution in [0.1, 0.15) is 22.5 Å². The standard InChI is InChI=1S/C18H19ClN2O3S/c1-24-15-7-6-13(10-14(15)19)20-17(22)12-4-2-8-21(11-12)18(23)16-5-3-9-25-16/h3,5-7,9-10,12H,2,4,8,11H2,1H3,(H,20,22)/t12-/m1/s1. The van der Waals surface area contributed by atoms with Crippen molar-refractivity contribution < 1.29 is 14.3 Å². The molecule has 1 saturated heterocycles. The Kier molecular flexibility index (Phi) is 5.60. The molecule has 1 N–H and O–H groups in total. The number of halogens is 1. The van der Waals surface area contributed by atoms with E-state index in [-0.39, 0.29) is 17.7 Å². The topological polar surface area (TPSA) is 58.6 Å². The summed E-state index contributed by atoms with van der Waals surface area (Å²) in [6.45, 7) is 1.13. The van der Waals surface area contributed by atoms with Gasteiger partial charge in [-0.05, 0) is 42.5 Å². The van der Waals surface area contributed by atoms with Crippen LogP contribution in [-0.4, -0.2) is 36.9 Å². The van der Waals surface area contributed by atoms with E-state index in [2.05, 4.69) is 5.32 Å². The molecule has 0 bridgehead atoms. The van der Waals surface area contributed by atoms with Crippen LogP contribution in [0.25, 0.3) is 0 Å². The van der Waals surface area contributed by atoms with Gasteiger partial charge in [-0.1, -0.05) is 17.7 Å². The third kappa shape index (κ3) is 4.14. The third-order valence-electron chi connectivity index (χ3n) is 4.23. The van der Waals surface area contributed by atoms with Gasteiger partial charge in [-0.3, -0.25) is 9.59 Å². The second-order valence-electron chi connectivity index (χ2n) is 5.91. The van der Waals surface area contributed by atoms with Gasteiger partial charge in [-0.15, -0.1) is 11.3 Å². The minimum atomic E-state index is -0.224. The summed E-state index contributed by atoms with van der Waals surface area (Å²) in [4.78, 5) is 27.5. The molecule has 0 unspecified atom stereocenters. The molecule has 25 heavy (non-hydrogen) atoms. The van der Waals surface area contributed by atoms with Crippen molar-refractivity contribution in [3.8, 4) is 5.75 Å². The first-order valence-electron chi connectivity index (χ1n) is 8.05. The minimum Gasteiger partial charge on any atom is -0.495 e. The Bertz CT molecular complexity index is 764. The number of likely N-dealkylation sites (tertiary alicyclic amines) is 1. The Hall–Kier alpha value is -2.05. The summed E-state index contributed by atoms with van der Waals surface area (Å²) in [6.07, 6.45) is 1.59. The number of rotatable bonds is 4. The maximum atomic E-state index is 12.6. The summed E-state index contributed by atoms with van der Waals surface area (Å²) in [5, 5.41) is 5.21. The van der Waals surface area contributed by atoms with Crippen molar-refractivity contribution in [1.82, 2.24) is 4.90 Å². The van der Waals surface area contributed by atoms with Crippen molar-refractivity contribution in [2.24, 2.45) is 5.92 Å². The Labute approximate surface area is 155 Å². The van der Waals surface area contributed by atoms with E-state index in [1.54, 1.807) is 30.2 Å². The van der Waals surface area contributed by atoms with Gasteiger partial charge in [-0.25, -0.2) is 0 Å². The summed E-state index contributed by atoms with van der Waals surface area (Å²) in [5.74, 6) is 0.244. The highest BCUT2D eigenvalue weighted by Crippen LogP contribution is 2.28. The largest absolute Gasteiger partial charge is 0.495 e. The lowest BCUT2D eigenvalue weighted by Gasteiger charge is -2.31. The van der Waals surface area contributed by atoms with Crippen LogP contribution in [0, 0.1) is 5.92 Å². The molecule has 2 amide bonds. The average molecular weight is 379 g/mol. The van der Waals surface area contributed by atoms with Gasteiger partial charge >= 0.3 is 0 Å². The summed E-state index contributed by atoms with van der Waals surface area (Å²) >= 11 is 7.52. The van der Waals surface area contributed by atoms with Crippen molar-refractivity contribution in [2.45, 2.75) is 12.8 Å². The highest BCUT2D eigenvalue weighted by molar-refractivity contribution is 7.12. The predicted molar refractivity (Wildman–Crippen MR) is 99.6 cm³/mol. The lowest BCUT2D eigenvalue weighted by atomic mass is 9.97. The van der Waals surface area contributed by atoms with Gasteiger partial charge in [0.15, 0.2) is 0 Å². The quantitative estimate of drug-likeness (QED) is 0.877. The molecule has 0 saturated carbocycles. The summed E-state index contributed by atoms with van der Waals surface area (Å²) in [6, 6.07) is 8.80. The molecule has 2 aromatic rings. The fraction of sp³-hybridized carbons (Fsp3) is 0.333. The van der Waals surface area contributed by atoms with Crippen molar-refractivity contribution in [1.29, 1.82) is 0 Å². The first-order chi connectivity index (χ1) is 12.1. The van der Waals surface area contributed by atoms with Gasteiger partial charge in [0.1, 0.15) is 5.75 Å². The molecule has 1 aliphatic rings. The van der Waals surface area contributed by atoms with E-state index in [0.29, 0.717) is 34.4 Å². The molecule has 1 aromatic carbocycles. The smallest absolute Gasteiger partial charge is 0.263 e. The van der Waals surface area contributed by atoms with Crippen LogP contribution < -0.4 is 10.1 Å². The number of thiophene rings is 1. The number of amides is 2. The fourth-order valence-corrected chi connectivity index (χ4v) is 3.87. The van der Waals surface area contributed by atoms with Gasteiger partial charge in [-0.2, -0.15) is 0 Å². The number of carbonyl (C=O) groups excluding carboxylic acids is 2. The van der Waals surface area contributed by atoms with Crippen LogP contribution >= 0.6 is 22.9 Å². The monoisotopic (exact) mass is 378 g/mol. The molecule has 1 fully saturated rings. The van der Waals surface area contributed by atoms with Crippen molar-refractivity contribution in [3.05, 3.63) is 45.6 Å². The number of nitrogens with one attached hydrogen (secondary N) is 1. The summed E-state index contributed by atoms with van der Waals surface area (Å²) < 4.78 is 5.11. The van der Waals surface area contributed by atoms with Crippen molar-refractivity contribution in [3.63, 3.8) is 0 Å². The van der Waals surface area contributed by atoms with Crippen molar-refractivity contribution >= 4 is 40.4 Å². The first kappa shape index (κ1) is 17.8. The fourth-order valence-electron chi connectivity index (χ4n) is 2.92. The Morgan fingerprint density at radius 1 is 1.36 bits per heavy atom. The zero-order valence-corrected chi connectivity index (χ0v) is 15.4. The van der Waals surface area contributed by atoms with E-state index >= 15 is 0 Å². The van der Waals surface area contributed by atoms with Crippen LogP contribution in [0.4, 0.5) is 5.69 Å². The van der Waals surface area contributed by atoms with Crippen LogP contribution in [-0.2, 0) is 4.79 Å². The lowest BCUT2D eigenvalue weighted by Crippen LogP contribution is -2.43. The van der Waals surface area contributed by atoms with Gasteiger partial charge in [0.05, 0.1) is 22.9 Å². The zero-order chi connectivity index (χ0) is 17.8. The van der Waals surface area contributed by atoms with E-state index in [0.717, 1.165) is 12.8 Å². The van der Waals surface area contributed by atoms with E-state index in [1.165, 1.54) is 11.3 Å². The molecular weight excluding hydrogens is 360 g/mol. The summed E-state index contributed by atoms with van der Waals surface area (Å²) in [7, 11) is 1.54. The number of hydrogen-bond acceptors (Lipinski definition) is 4. The Morgan fingerprint density at radius 2 is 2.20 bits per heavy atom. The molecule has 1 aromatic heterocycles. The second kappa shape index (κ2) is 7.89. The van der Waals surface area contributed by atoms with E-state index in [9.17, 15) is 9.59 Å². The van der Waals surface area contributed by atoms with E-state index in [1.807, 2.05) is 17.5 Å². The van der Waals surface area contributed by atoms with E-state index < -0.39 is 0 Å². The Balaban J connectivity index is 1.64. The number of benzene rings is 1. The molecular formula is C18H19ClN2O3S. The van der Waals surface area contributed by atoms with Crippen molar-refractivity contribution in [2.75, 3.05) is 25.5 Å². The molecule has 0 radical (unpaired) electrons. The molecule has 0 spiro atoms. The predicted octanol–water partition coefficient (Wildman–Crippen LogP) is 3.90. The highest BCUT2D eigenvalue weighted by Gasteiger charge is 2.29. The molecule has 5 nitrogen and oxygen atoms in total. The maximum Gasteiger partial charge on any atom is 0.263 e. The number of hydrogen-bond donors (Lipinski definition) is 1. The van der Waals surface area contributed by atoms with Gasteiger partial charge < -0.3 is 15.0 Å². The highest BCUT2D eigenvalue weighted by atomic mass is 35.5. The third-order valence-corrected chi connectivity index (χ3v) is 5.38. The number of anilines is 1. The molecule has 1 atom stereocenters. The van der Waals surface area contributed by atoms with Crippen LogP contribution in [0.15, 0.2) is 35.7 Å². The Morgan fingerprint density at radius 3 is 2.88 bits per heavy atom. The number of piperidine rings is 1. The number of nitrogens with zero attached hydrogens (tertiary/aromatic N) is 1. The number of methoxy groups -OCH3 is 1. The maximum absolute atomic E-state index is 12.6. The van der Waals surface area contributed by atoms with Gasteiger partial charge in [0.25, 0.3) is 5.91 Å². The zero-order valence-electron chi connectivity index (χ0n) is 13.8. The lowest BCUT2D eigenvalue weighted by molar-refractivity contribution is -0.121. The minimum absolute atomic E-state index is 0.00000748. The van der Waals surface area contributed by atoms with Gasteiger partial charge in [0.2, 0.25) is 5.91 Å². The van der Waals surface area contributed by atoms with Crippen LogP contribution in [0.2, 0.25) is 5.02 Å². The number of ether oxygens (including phenoxy) is 1. The summed E-state index contributed by atoms with van der Waals surface area (Å²) in [5.41, 5.74) is 0.623. The first-order valence-corrected chi connectivity index (χ1v) is 9.31. The average Bonchev–Trinajstić information content (AvgIpc) is 3.16.